The maximum atomic E-state index is 15.0. The summed E-state index contributed by atoms with van der Waals surface area (Å²) in [7, 11) is 0. The molecule has 7 heteroatoms. The van der Waals surface area contributed by atoms with Gasteiger partial charge in [-0.3, -0.25) is 19.6 Å². The lowest BCUT2D eigenvalue weighted by atomic mass is 10.0. The van der Waals surface area contributed by atoms with Crippen LogP contribution in [0.15, 0.2) is 93.6 Å². The summed E-state index contributed by atoms with van der Waals surface area (Å²) in [5, 5.41) is 3.96. The lowest BCUT2D eigenvalue weighted by Crippen LogP contribution is -2.45. The first-order chi connectivity index (χ1) is 17.1. The van der Waals surface area contributed by atoms with Gasteiger partial charge in [-0.1, -0.05) is 68.1 Å². The van der Waals surface area contributed by atoms with Gasteiger partial charge in [-0.05, 0) is 48.7 Å². The normalized spacial score (nSPS) is 14.5. The summed E-state index contributed by atoms with van der Waals surface area (Å²) in [6, 6.07) is 22.3. The summed E-state index contributed by atoms with van der Waals surface area (Å²) >= 11 is 0. The molecule has 0 amide bonds. The molecule has 0 radical (unpaired) electrons. The Hall–Kier alpha value is -4.00. The van der Waals surface area contributed by atoms with Crippen LogP contribution in [0.4, 0.5) is 10.1 Å². The molecule has 35 heavy (non-hydrogen) atoms. The third kappa shape index (κ3) is 4.67. The predicted molar refractivity (Wildman–Crippen MR) is 136 cm³/mol. The Bertz CT molecular complexity index is 1540. The third-order valence-electron chi connectivity index (χ3n) is 6.67. The van der Waals surface area contributed by atoms with Crippen molar-refractivity contribution >= 4 is 16.7 Å². The number of nitrogens with one attached hydrogen (secondary N) is 1. The van der Waals surface area contributed by atoms with E-state index in [9.17, 15) is 14.0 Å². The second kappa shape index (κ2) is 10.1. The number of nitrogens with zero attached hydrogens (tertiary/aromatic N) is 3. The minimum absolute atomic E-state index is 0.0720. The molecule has 1 aliphatic rings. The zero-order valence-corrected chi connectivity index (χ0v) is 19.4. The van der Waals surface area contributed by atoms with Crippen LogP contribution in [-0.4, -0.2) is 9.13 Å². The molecule has 1 saturated carbocycles. The van der Waals surface area contributed by atoms with Gasteiger partial charge in [0.1, 0.15) is 5.82 Å². The molecule has 3 aromatic carbocycles. The van der Waals surface area contributed by atoms with Crippen molar-refractivity contribution in [2.45, 2.75) is 38.6 Å². The topological polar surface area (TPSA) is 68.4 Å². The second-order valence-electron chi connectivity index (χ2n) is 8.91. The first-order valence-electron chi connectivity index (χ1n) is 12.0. The first kappa shape index (κ1) is 22.8. The molecule has 1 N–H and O–H groups in total. The molecule has 5 rings (SSSR count). The predicted octanol–water partition coefficient (Wildman–Crippen LogP) is 4.80. The summed E-state index contributed by atoms with van der Waals surface area (Å²) in [6.07, 6.45) is 5.57. The van der Waals surface area contributed by atoms with E-state index < -0.39 is 16.9 Å². The number of fused-ring (bicyclic) bond motifs is 1. The van der Waals surface area contributed by atoms with Crippen LogP contribution in [0.3, 0.4) is 0 Å². The Morgan fingerprint density at radius 1 is 0.829 bits per heavy atom. The molecule has 6 nitrogen and oxygen atoms in total. The van der Waals surface area contributed by atoms with E-state index in [1.165, 1.54) is 29.5 Å². The Balaban J connectivity index is 1.81. The summed E-state index contributed by atoms with van der Waals surface area (Å²) in [5.74, 6) is -0.00250. The van der Waals surface area contributed by atoms with E-state index in [0.29, 0.717) is 29.2 Å². The quantitative estimate of drug-likeness (QED) is 0.412. The average Bonchev–Trinajstić information content (AvgIpc) is 3.38. The standard InChI is InChI=1S/C28H27FN4O2/c29-22-14-6-7-15-23(22)33-25-17-9-8-16-24(25)32(19-18-20-10-4-5-11-20)27(34)26(28(33)35)31-30-21-12-2-1-3-13-21/h1-3,6-9,12-17,20,30H,4-5,10-11,18-19H2/b31-26-. The molecule has 0 unspecified atom stereocenters. The van der Waals surface area contributed by atoms with Crippen LogP contribution in [0, 0.1) is 11.7 Å². The highest BCUT2D eigenvalue weighted by Gasteiger charge is 2.18. The molecule has 0 bridgehead atoms. The van der Waals surface area contributed by atoms with E-state index in [1.54, 1.807) is 47.0 Å². The molecule has 1 heterocycles. The average molecular weight is 471 g/mol. The van der Waals surface area contributed by atoms with Crippen molar-refractivity contribution in [2.24, 2.45) is 11.0 Å². The number of anilines is 1. The van der Waals surface area contributed by atoms with Gasteiger partial charge >= 0.3 is 0 Å². The van der Waals surface area contributed by atoms with E-state index in [1.807, 2.05) is 24.3 Å². The molecule has 1 fully saturated rings. The van der Waals surface area contributed by atoms with Crippen molar-refractivity contribution in [3.05, 3.63) is 111 Å². The van der Waals surface area contributed by atoms with E-state index >= 15 is 0 Å². The smallest absolute Gasteiger partial charge is 0.289 e. The Kier molecular flexibility index (Phi) is 6.57. The lowest BCUT2D eigenvalue weighted by Gasteiger charge is -2.12. The van der Waals surface area contributed by atoms with Crippen LogP contribution in [0.25, 0.3) is 16.7 Å². The van der Waals surface area contributed by atoms with Crippen LogP contribution < -0.4 is 21.9 Å². The highest BCUT2D eigenvalue weighted by atomic mass is 19.1. The fraction of sp³-hybridized carbons (Fsp3) is 0.250. The minimum Gasteiger partial charge on any atom is -0.305 e. The number of aromatic nitrogens is 2. The molecule has 0 saturated heterocycles. The number of benzene rings is 3. The van der Waals surface area contributed by atoms with Crippen LogP contribution in [-0.2, 0) is 6.54 Å². The highest BCUT2D eigenvalue weighted by Crippen LogP contribution is 2.28. The van der Waals surface area contributed by atoms with Crippen molar-refractivity contribution in [1.82, 2.24) is 9.13 Å². The number of hydrogen-bond acceptors (Lipinski definition) is 4. The molecule has 4 aromatic rings. The summed E-state index contributed by atoms with van der Waals surface area (Å²) in [4.78, 5) is 27.7. The molecule has 0 spiro atoms. The fourth-order valence-electron chi connectivity index (χ4n) is 4.86. The van der Waals surface area contributed by atoms with Crippen LogP contribution in [0.1, 0.15) is 32.1 Å². The number of para-hydroxylation sites is 4. The Labute approximate surface area is 202 Å². The van der Waals surface area contributed by atoms with E-state index in [4.69, 9.17) is 0 Å². The SMILES string of the molecule is O=c1/c(=N/Nc2ccccc2)c(=O)n(-c2ccccc2F)c2ccccc2n1CCC1CCCC1. The number of hydrogen-bond donors (Lipinski definition) is 1. The van der Waals surface area contributed by atoms with Crippen molar-refractivity contribution < 1.29 is 4.39 Å². The Morgan fingerprint density at radius 3 is 2.23 bits per heavy atom. The number of rotatable bonds is 6. The zero-order chi connectivity index (χ0) is 24.2. The molecule has 1 aromatic heterocycles. The van der Waals surface area contributed by atoms with Crippen molar-refractivity contribution in [3.63, 3.8) is 0 Å². The van der Waals surface area contributed by atoms with Crippen LogP contribution in [0.5, 0.6) is 0 Å². The largest absolute Gasteiger partial charge is 0.305 e. The van der Waals surface area contributed by atoms with Crippen molar-refractivity contribution in [1.29, 1.82) is 0 Å². The van der Waals surface area contributed by atoms with Gasteiger partial charge in [0.15, 0.2) is 0 Å². The van der Waals surface area contributed by atoms with Gasteiger partial charge in [-0.2, -0.15) is 5.10 Å². The third-order valence-corrected chi connectivity index (χ3v) is 6.67. The van der Waals surface area contributed by atoms with Gasteiger partial charge < -0.3 is 4.57 Å². The summed E-state index contributed by atoms with van der Waals surface area (Å²) in [5.41, 5.74) is 3.38. The highest BCUT2D eigenvalue weighted by molar-refractivity contribution is 5.76. The molecule has 1 aliphatic carbocycles. The summed E-state index contributed by atoms with van der Waals surface area (Å²) in [6.45, 7) is 0.462. The van der Waals surface area contributed by atoms with Crippen molar-refractivity contribution in [2.75, 3.05) is 5.43 Å². The van der Waals surface area contributed by atoms with Crippen molar-refractivity contribution in [3.8, 4) is 5.69 Å². The van der Waals surface area contributed by atoms with Gasteiger partial charge in [0.2, 0.25) is 5.36 Å². The molecular weight excluding hydrogens is 443 g/mol. The van der Waals surface area contributed by atoms with Gasteiger partial charge in [0, 0.05) is 6.54 Å². The Morgan fingerprint density at radius 2 is 1.49 bits per heavy atom. The van der Waals surface area contributed by atoms with E-state index in [0.717, 1.165) is 19.3 Å². The van der Waals surface area contributed by atoms with E-state index in [-0.39, 0.29) is 11.0 Å². The summed E-state index contributed by atoms with van der Waals surface area (Å²) < 4.78 is 17.8. The number of halogens is 1. The molecular formula is C28H27FN4O2. The van der Waals surface area contributed by atoms with Crippen LogP contribution in [0.2, 0.25) is 0 Å². The maximum Gasteiger partial charge on any atom is 0.289 e. The number of aryl methyl sites for hydroxylation is 1. The van der Waals surface area contributed by atoms with Gasteiger partial charge in [0.25, 0.3) is 11.1 Å². The molecule has 178 valence electrons. The molecule has 0 atom stereocenters. The van der Waals surface area contributed by atoms with E-state index in [2.05, 4.69) is 10.5 Å². The van der Waals surface area contributed by atoms with Gasteiger partial charge in [-0.15, -0.1) is 0 Å². The second-order valence-corrected chi connectivity index (χ2v) is 8.91. The molecule has 0 aliphatic heterocycles. The zero-order valence-electron chi connectivity index (χ0n) is 19.4. The van der Waals surface area contributed by atoms with Crippen LogP contribution >= 0.6 is 0 Å². The minimum atomic E-state index is -0.681. The lowest BCUT2D eigenvalue weighted by molar-refractivity contribution is 0.458. The first-order valence-corrected chi connectivity index (χ1v) is 12.0. The van der Waals surface area contributed by atoms with Gasteiger partial charge in [-0.25, -0.2) is 4.39 Å². The monoisotopic (exact) mass is 470 g/mol. The maximum absolute atomic E-state index is 15.0. The van der Waals surface area contributed by atoms with Gasteiger partial charge in [0.05, 0.1) is 22.4 Å². The fourth-order valence-corrected chi connectivity index (χ4v) is 4.86.